The highest BCUT2D eigenvalue weighted by molar-refractivity contribution is 7.09. The number of aromatic nitrogens is 4. The average molecular weight is 317 g/mol. The van der Waals surface area contributed by atoms with Crippen LogP contribution in [0.4, 0.5) is 0 Å². The van der Waals surface area contributed by atoms with Crippen LogP contribution in [-0.2, 0) is 13.1 Å². The lowest BCUT2D eigenvalue weighted by molar-refractivity contribution is 0.217. The molecule has 2 aromatic heterocycles. The molecule has 0 aromatic carbocycles. The summed E-state index contributed by atoms with van der Waals surface area (Å²) < 4.78 is 1.95. The van der Waals surface area contributed by atoms with Crippen LogP contribution in [-0.4, -0.2) is 37.2 Å². The van der Waals surface area contributed by atoms with Gasteiger partial charge in [0, 0.05) is 23.9 Å². The largest absolute Gasteiger partial charge is 0.293 e. The summed E-state index contributed by atoms with van der Waals surface area (Å²) in [5.41, 5.74) is 1.26. The Morgan fingerprint density at radius 3 is 2.91 bits per heavy atom. The molecule has 5 nitrogen and oxygen atoms in total. The minimum absolute atomic E-state index is 0.568. The Bertz CT molecular complexity index is 587. The Balaban J connectivity index is 1.39. The van der Waals surface area contributed by atoms with Crippen molar-refractivity contribution in [3.63, 3.8) is 0 Å². The summed E-state index contributed by atoms with van der Waals surface area (Å²) in [7, 11) is 0. The number of likely N-dealkylation sites (tertiary alicyclic amines) is 1. The summed E-state index contributed by atoms with van der Waals surface area (Å²) >= 11 is 1.87. The number of hydrogen-bond acceptors (Lipinski definition) is 5. The summed E-state index contributed by atoms with van der Waals surface area (Å²) in [5, 5.41) is 7.89. The van der Waals surface area contributed by atoms with Crippen LogP contribution in [0.15, 0.2) is 18.0 Å². The number of hydrogen-bond donors (Lipinski definition) is 0. The molecule has 0 spiro atoms. The van der Waals surface area contributed by atoms with Gasteiger partial charge in [-0.3, -0.25) is 9.58 Å². The minimum Gasteiger partial charge on any atom is -0.293 e. The number of nitrogens with zero attached hydrogens (tertiary/aromatic N) is 5. The highest BCUT2D eigenvalue weighted by Gasteiger charge is 2.26. The monoisotopic (exact) mass is 317 g/mol. The molecule has 1 saturated heterocycles. The lowest BCUT2D eigenvalue weighted by Crippen LogP contribution is -2.32. The van der Waals surface area contributed by atoms with E-state index in [2.05, 4.69) is 20.4 Å². The Hall–Kier alpha value is -1.27. The summed E-state index contributed by atoms with van der Waals surface area (Å²) in [6.07, 6.45) is 11.4. The van der Waals surface area contributed by atoms with E-state index in [4.69, 9.17) is 4.98 Å². The smallest absolute Gasteiger partial charge is 0.137 e. The first-order valence-electron chi connectivity index (χ1n) is 8.39. The highest BCUT2D eigenvalue weighted by atomic mass is 32.1. The van der Waals surface area contributed by atoms with Gasteiger partial charge in [-0.25, -0.2) is 9.97 Å². The molecule has 1 aliphatic carbocycles. The van der Waals surface area contributed by atoms with Gasteiger partial charge in [0.25, 0.3) is 0 Å². The van der Waals surface area contributed by atoms with E-state index in [1.165, 1.54) is 55.8 Å². The van der Waals surface area contributed by atoms with Gasteiger partial charge in [0.2, 0.25) is 0 Å². The molecule has 3 heterocycles. The van der Waals surface area contributed by atoms with Gasteiger partial charge in [-0.05, 0) is 32.2 Å². The Morgan fingerprint density at radius 2 is 2.09 bits per heavy atom. The van der Waals surface area contributed by atoms with Crippen LogP contribution in [0.3, 0.4) is 0 Å². The van der Waals surface area contributed by atoms with Gasteiger partial charge in [-0.2, -0.15) is 5.10 Å². The van der Waals surface area contributed by atoms with E-state index in [1.807, 2.05) is 22.3 Å². The molecule has 1 saturated carbocycles. The Labute approximate surface area is 135 Å². The van der Waals surface area contributed by atoms with Crippen LogP contribution in [0, 0.1) is 0 Å². The molecule has 4 rings (SSSR count). The van der Waals surface area contributed by atoms with Crippen molar-refractivity contribution >= 4 is 11.3 Å². The van der Waals surface area contributed by atoms with Crippen molar-refractivity contribution in [3.05, 3.63) is 28.7 Å². The fourth-order valence-electron chi connectivity index (χ4n) is 3.82. The van der Waals surface area contributed by atoms with Crippen molar-refractivity contribution in [2.45, 2.75) is 63.6 Å². The third-order valence-corrected chi connectivity index (χ3v) is 6.06. The predicted molar refractivity (Wildman–Crippen MR) is 86.8 cm³/mol. The lowest BCUT2D eigenvalue weighted by Gasteiger charge is -2.23. The maximum absolute atomic E-state index is 4.93. The Kier molecular flexibility index (Phi) is 4.21. The molecule has 118 valence electrons. The van der Waals surface area contributed by atoms with E-state index >= 15 is 0 Å². The van der Waals surface area contributed by atoms with Gasteiger partial charge >= 0.3 is 0 Å². The minimum atomic E-state index is 0.568. The van der Waals surface area contributed by atoms with Gasteiger partial charge in [0.05, 0.1) is 17.2 Å². The van der Waals surface area contributed by atoms with E-state index in [0.29, 0.717) is 6.04 Å². The fourth-order valence-corrected chi connectivity index (χ4v) is 4.80. The zero-order chi connectivity index (χ0) is 14.8. The van der Waals surface area contributed by atoms with Crippen LogP contribution in [0.5, 0.6) is 0 Å². The predicted octanol–water partition coefficient (Wildman–Crippen LogP) is 3.06. The van der Waals surface area contributed by atoms with Crippen molar-refractivity contribution in [3.8, 4) is 0 Å². The van der Waals surface area contributed by atoms with Crippen molar-refractivity contribution in [2.75, 3.05) is 6.54 Å². The molecule has 22 heavy (non-hydrogen) atoms. The molecule has 0 bridgehead atoms. The van der Waals surface area contributed by atoms with Gasteiger partial charge in [0.1, 0.15) is 12.7 Å². The second-order valence-electron chi connectivity index (χ2n) is 6.54. The van der Waals surface area contributed by atoms with Crippen molar-refractivity contribution < 1.29 is 0 Å². The van der Waals surface area contributed by atoms with E-state index < -0.39 is 0 Å². The highest BCUT2D eigenvalue weighted by Crippen LogP contribution is 2.36. The maximum Gasteiger partial charge on any atom is 0.137 e. The summed E-state index contributed by atoms with van der Waals surface area (Å²) in [6.45, 7) is 3.11. The summed E-state index contributed by atoms with van der Waals surface area (Å²) in [5.74, 6) is 0.739. The molecule has 0 N–H and O–H groups in total. The molecular weight excluding hydrogens is 294 g/mol. The summed E-state index contributed by atoms with van der Waals surface area (Å²) in [6, 6.07) is 0.568. The van der Waals surface area contributed by atoms with E-state index in [9.17, 15) is 0 Å². The third-order valence-electron chi connectivity index (χ3n) is 5.00. The molecule has 6 heteroatoms. The fraction of sp³-hybridized carbons (Fsp3) is 0.688. The summed E-state index contributed by atoms with van der Waals surface area (Å²) in [4.78, 5) is 11.5. The standard InChI is InChI=1S/C16H23N5S/c1-2-5-13(4-1)16-19-14(10-22-16)8-20-7-3-6-15(20)9-21-12-17-11-18-21/h10-13,15H,1-9H2/t15-/m1/s1. The van der Waals surface area contributed by atoms with Crippen LogP contribution in [0.1, 0.15) is 55.1 Å². The van der Waals surface area contributed by atoms with Crippen molar-refractivity contribution in [1.82, 2.24) is 24.6 Å². The maximum atomic E-state index is 4.93. The number of rotatable bonds is 5. The molecule has 1 aliphatic heterocycles. The van der Waals surface area contributed by atoms with E-state index in [-0.39, 0.29) is 0 Å². The van der Waals surface area contributed by atoms with Crippen LogP contribution >= 0.6 is 11.3 Å². The molecule has 0 unspecified atom stereocenters. The molecule has 0 radical (unpaired) electrons. The normalized spacial score (nSPS) is 23.5. The number of thiazole rings is 1. The Morgan fingerprint density at radius 1 is 1.18 bits per heavy atom. The van der Waals surface area contributed by atoms with Gasteiger partial charge < -0.3 is 0 Å². The zero-order valence-corrected chi connectivity index (χ0v) is 13.7. The molecule has 2 fully saturated rings. The van der Waals surface area contributed by atoms with Crippen molar-refractivity contribution in [1.29, 1.82) is 0 Å². The first kappa shape index (κ1) is 14.3. The third kappa shape index (κ3) is 3.08. The first-order chi connectivity index (χ1) is 10.9. The van der Waals surface area contributed by atoms with Crippen molar-refractivity contribution in [2.24, 2.45) is 0 Å². The van der Waals surface area contributed by atoms with Crippen LogP contribution in [0.2, 0.25) is 0 Å². The zero-order valence-electron chi connectivity index (χ0n) is 12.9. The van der Waals surface area contributed by atoms with Gasteiger partial charge in [-0.1, -0.05) is 12.8 Å². The quantitative estimate of drug-likeness (QED) is 0.850. The topological polar surface area (TPSA) is 46.8 Å². The second-order valence-corrected chi connectivity index (χ2v) is 7.43. The second kappa shape index (κ2) is 6.46. The molecule has 2 aromatic rings. The SMILES string of the molecule is c1ncn(C[C@H]2CCCN2Cc2csc(C3CCCC3)n2)n1. The van der Waals surface area contributed by atoms with Gasteiger partial charge in [-0.15, -0.1) is 11.3 Å². The van der Waals surface area contributed by atoms with E-state index in [1.54, 1.807) is 6.33 Å². The van der Waals surface area contributed by atoms with Crippen LogP contribution < -0.4 is 0 Å². The average Bonchev–Trinajstić information content (AvgIpc) is 3.28. The lowest BCUT2D eigenvalue weighted by atomic mass is 10.1. The molecule has 1 atom stereocenters. The molecule has 2 aliphatic rings. The van der Waals surface area contributed by atoms with E-state index in [0.717, 1.165) is 19.0 Å². The molecule has 0 amide bonds. The van der Waals surface area contributed by atoms with Gasteiger partial charge in [0.15, 0.2) is 0 Å². The molecular formula is C16H23N5S. The van der Waals surface area contributed by atoms with Crippen LogP contribution in [0.25, 0.3) is 0 Å². The first-order valence-corrected chi connectivity index (χ1v) is 9.27.